The minimum absolute atomic E-state index is 0.0342. The molecule has 0 fully saturated rings. The largest absolute Gasteiger partial charge is 0.352 e. The normalized spacial score (nSPS) is 10.7. The first-order valence-corrected chi connectivity index (χ1v) is 7.52. The predicted octanol–water partition coefficient (Wildman–Crippen LogP) is 1.76. The predicted molar refractivity (Wildman–Crippen MR) is 69.9 cm³/mol. The number of hydrogen-bond donors (Lipinski definition) is 1. The van der Waals surface area contributed by atoms with Gasteiger partial charge < -0.3 is 5.32 Å². The van der Waals surface area contributed by atoms with Gasteiger partial charge in [-0.25, -0.2) is 8.42 Å². The molecule has 0 saturated carbocycles. The van der Waals surface area contributed by atoms with E-state index in [4.69, 9.17) is 17.1 Å². The molecular formula is C12H12ClNO3S. The van der Waals surface area contributed by atoms with Crippen LogP contribution in [0.3, 0.4) is 0 Å². The van der Waals surface area contributed by atoms with Gasteiger partial charge in [0.15, 0.2) is 0 Å². The Kier molecular flexibility index (Phi) is 5.20. The third kappa shape index (κ3) is 4.40. The van der Waals surface area contributed by atoms with Crippen molar-refractivity contribution in [3.63, 3.8) is 0 Å². The summed E-state index contributed by atoms with van der Waals surface area (Å²) in [5.41, 5.74) is 0.375. The molecule has 0 radical (unpaired) electrons. The molecule has 0 spiro atoms. The molecule has 0 heterocycles. The van der Waals surface area contributed by atoms with Crippen LogP contribution in [0.15, 0.2) is 29.2 Å². The van der Waals surface area contributed by atoms with Crippen LogP contribution in [0.5, 0.6) is 0 Å². The standard InChI is InChI=1S/C12H12ClNO3S/c1-2-3-4-9-14-12(15)10-5-7-11(8-6-10)18(13,16)17/h1,5-8H,3-4,9H2,(H,14,15). The van der Waals surface area contributed by atoms with Gasteiger partial charge in [-0.3, -0.25) is 4.79 Å². The van der Waals surface area contributed by atoms with Crippen molar-refractivity contribution in [3.8, 4) is 12.3 Å². The fourth-order valence-corrected chi connectivity index (χ4v) is 2.03. The summed E-state index contributed by atoms with van der Waals surface area (Å²) in [4.78, 5) is 11.6. The van der Waals surface area contributed by atoms with Crippen LogP contribution in [0.1, 0.15) is 23.2 Å². The lowest BCUT2D eigenvalue weighted by Crippen LogP contribution is -2.24. The van der Waals surface area contributed by atoms with E-state index in [1.54, 1.807) is 0 Å². The van der Waals surface area contributed by atoms with Crippen molar-refractivity contribution < 1.29 is 13.2 Å². The van der Waals surface area contributed by atoms with Gasteiger partial charge in [-0.1, -0.05) is 0 Å². The van der Waals surface area contributed by atoms with Crippen molar-refractivity contribution >= 4 is 25.6 Å². The zero-order chi connectivity index (χ0) is 13.6. The maximum atomic E-state index is 11.6. The number of carbonyl (C=O) groups excluding carboxylic acids is 1. The lowest BCUT2D eigenvalue weighted by atomic mass is 10.2. The second kappa shape index (κ2) is 6.43. The van der Waals surface area contributed by atoms with Gasteiger partial charge in [0, 0.05) is 29.2 Å². The highest BCUT2D eigenvalue weighted by Gasteiger charge is 2.11. The lowest BCUT2D eigenvalue weighted by molar-refractivity contribution is 0.0953. The van der Waals surface area contributed by atoms with E-state index in [-0.39, 0.29) is 10.8 Å². The molecule has 0 aliphatic rings. The van der Waals surface area contributed by atoms with Crippen LogP contribution < -0.4 is 5.32 Å². The van der Waals surface area contributed by atoms with E-state index < -0.39 is 9.05 Å². The Balaban J connectivity index is 2.63. The highest BCUT2D eigenvalue weighted by molar-refractivity contribution is 8.13. The number of terminal acetylenes is 1. The average Bonchev–Trinajstić information content (AvgIpc) is 2.33. The topological polar surface area (TPSA) is 63.2 Å². The van der Waals surface area contributed by atoms with Gasteiger partial charge in [-0.2, -0.15) is 0 Å². The Hall–Kier alpha value is -1.51. The summed E-state index contributed by atoms with van der Waals surface area (Å²) in [7, 11) is 1.41. The number of rotatable bonds is 5. The Morgan fingerprint density at radius 2 is 1.94 bits per heavy atom. The van der Waals surface area contributed by atoms with Gasteiger partial charge in [-0.05, 0) is 30.7 Å². The minimum Gasteiger partial charge on any atom is -0.352 e. The highest BCUT2D eigenvalue weighted by Crippen LogP contribution is 2.15. The molecule has 96 valence electrons. The molecule has 0 aliphatic heterocycles. The third-order valence-electron chi connectivity index (χ3n) is 2.18. The number of unbranched alkanes of at least 4 members (excludes halogenated alkanes) is 1. The number of nitrogens with one attached hydrogen (secondary N) is 1. The first-order chi connectivity index (χ1) is 8.45. The summed E-state index contributed by atoms with van der Waals surface area (Å²) >= 11 is 0. The number of carbonyl (C=O) groups is 1. The van der Waals surface area contributed by atoms with Gasteiger partial charge in [0.05, 0.1) is 4.90 Å². The van der Waals surface area contributed by atoms with Crippen molar-refractivity contribution in [1.29, 1.82) is 0 Å². The SMILES string of the molecule is C#CCCCNC(=O)c1ccc(S(=O)(=O)Cl)cc1. The molecular weight excluding hydrogens is 274 g/mol. The van der Waals surface area contributed by atoms with Crippen LogP contribution in [0.4, 0.5) is 0 Å². The van der Waals surface area contributed by atoms with E-state index in [0.29, 0.717) is 24.9 Å². The van der Waals surface area contributed by atoms with Crippen LogP contribution in [0.25, 0.3) is 0 Å². The molecule has 0 aromatic heterocycles. The van der Waals surface area contributed by atoms with Crippen LogP contribution in [0.2, 0.25) is 0 Å². The molecule has 6 heteroatoms. The van der Waals surface area contributed by atoms with Crippen LogP contribution >= 0.6 is 10.7 Å². The van der Waals surface area contributed by atoms with Crippen molar-refractivity contribution in [3.05, 3.63) is 29.8 Å². The number of amides is 1. The molecule has 0 bridgehead atoms. The van der Waals surface area contributed by atoms with Crippen LogP contribution in [-0.2, 0) is 9.05 Å². The van der Waals surface area contributed by atoms with Crippen molar-refractivity contribution in [2.45, 2.75) is 17.7 Å². The van der Waals surface area contributed by atoms with E-state index in [9.17, 15) is 13.2 Å². The molecule has 1 aromatic rings. The second-order valence-electron chi connectivity index (χ2n) is 3.53. The number of halogens is 1. The minimum atomic E-state index is -3.75. The van der Waals surface area contributed by atoms with Crippen molar-refractivity contribution in [2.24, 2.45) is 0 Å². The van der Waals surface area contributed by atoms with Gasteiger partial charge in [0.25, 0.3) is 15.0 Å². The van der Waals surface area contributed by atoms with Crippen molar-refractivity contribution in [1.82, 2.24) is 5.32 Å². The molecule has 4 nitrogen and oxygen atoms in total. The van der Waals surface area contributed by atoms with Gasteiger partial charge >= 0.3 is 0 Å². The first-order valence-electron chi connectivity index (χ1n) is 5.21. The zero-order valence-electron chi connectivity index (χ0n) is 9.52. The van der Waals surface area contributed by atoms with E-state index in [1.807, 2.05) is 0 Å². The Morgan fingerprint density at radius 3 is 2.44 bits per heavy atom. The molecule has 18 heavy (non-hydrogen) atoms. The summed E-state index contributed by atoms with van der Waals surface area (Å²) < 4.78 is 22.0. The fourth-order valence-electron chi connectivity index (χ4n) is 1.26. The molecule has 1 amide bonds. The maximum Gasteiger partial charge on any atom is 0.261 e. The fraction of sp³-hybridized carbons (Fsp3) is 0.250. The molecule has 0 unspecified atom stereocenters. The molecule has 0 aliphatic carbocycles. The molecule has 0 saturated heterocycles. The van der Waals surface area contributed by atoms with Gasteiger partial charge in [-0.15, -0.1) is 12.3 Å². The average molecular weight is 286 g/mol. The third-order valence-corrected chi connectivity index (χ3v) is 3.55. The Morgan fingerprint density at radius 1 is 1.33 bits per heavy atom. The summed E-state index contributed by atoms with van der Waals surface area (Å²) in [6, 6.07) is 5.40. The Labute approximate surface area is 111 Å². The summed E-state index contributed by atoms with van der Waals surface area (Å²) in [6.45, 7) is 0.485. The molecule has 0 atom stereocenters. The van der Waals surface area contributed by atoms with E-state index in [2.05, 4.69) is 11.2 Å². The molecule has 1 N–H and O–H groups in total. The lowest BCUT2D eigenvalue weighted by Gasteiger charge is -2.04. The summed E-state index contributed by atoms with van der Waals surface area (Å²) in [5.74, 6) is 2.20. The molecule has 1 aromatic carbocycles. The van der Waals surface area contributed by atoms with E-state index >= 15 is 0 Å². The monoisotopic (exact) mass is 285 g/mol. The quantitative estimate of drug-likeness (QED) is 0.509. The van der Waals surface area contributed by atoms with E-state index in [0.717, 1.165) is 0 Å². The van der Waals surface area contributed by atoms with Crippen LogP contribution in [0, 0.1) is 12.3 Å². The number of hydrogen-bond acceptors (Lipinski definition) is 3. The maximum absolute atomic E-state index is 11.6. The van der Waals surface area contributed by atoms with E-state index in [1.165, 1.54) is 24.3 Å². The second-order valence-corrected chi connectivity index (χ2v) is 6.09. The van der Waals surface area contributed by atoms with Gasteiger partial charge in [0.2, 0.25) is 0 Å². The summed E-state index contributed by atoms with van der Waals surface area (Å²) in [6.07, 6.45) is 6.39. The first kappa shape index (κ1) is 14.6. The van der Waals surface area contributed by atoms with Crippen LogP contribution in [-0.4, -0.2) is 20.9 Å². The molecule has 1 rings (SSSR count). The number of benzene rings is 1. The van der Waals surface area contributed by atoms with Crippen molar-refractivity contribution in [2.75, 3.05) is 6.54 Å². The highest BCUT2D eigenvalue weighted by atomic mass is 35.7. The van der Waals surface area contributed by atoms with Gasteiger partial charge in [0.1, 0.15) is 0 Å². The smallest absolute Gasteiger partial charge is 0.261 e. The zero-order valence-corrected chi connectivity index (χ0v) is 11.1. The summed E-state index contributed by atoms with van der Waals surface area (Å²) in [5, 5.41) is 2.68. The Bertz CT molecular complexity index is 558.